The van der Waals surface area contributed by atoms with Crippen molar-refractivity contribution < 1.29 is 9.59 Å². The number of nitrogens with two attached hydrogens (primary N) is 1. The normalized spacial score (nSPS) is 23.0. The van der Waals surface area contributed by atoms with Gasteiger partial charge in [-0.1, -0.05) is 13.3 Å². The van der Waals surface area contributed by atoms with Crippen LogP contribution in [0.25, 0.3) is 0 Å². The van der Waals surface area contributed by atoms with Crippen molar-refractivity contribution in [3.63, 3.8) is 0 Å². The van der Waals surface area contributed by atoms with Crippen molar-refractivity contribution in [2.45, 2.75) is 57.5 Å². The molecular weight excluding hydrogens is 268 g/mol. The molecule has 3 amide bonds. The van der Waals surface area contributed by atoms with Gasteiger partial charge >= 0.3 is 6.03 Å². The highest BCUT2D eigenvalue weighted by atomic mass is 16.2. The standard InChI is InChI=1S/C15H28N4O2/c1-4-5-8-18-9-6-15(7-10-18)12(20)19(13(21)17-15)11-14(2,3)16/h4-11,16H2,1-3H3,(H,17,21). The van der Waals surface area contributed by atoms with E-state index in [-0.39, 0.29) is 18.5 Å². The molecule has 2 heterocycles. The zero-order valence-corrected chi connectivity index (χ0v) is 13.4. The maximum absolute atomic E-state index is 12.7. The summed E-state index contributed by atoms with van der Waals surface area (Å²) in [7, 11) is 0. The van der Waals surface area contributed by atoms with Gasteiger partial charge in [-0.2, -0.15) is 0 Å². The van der Waals surface area contributed by atoms with Crippen molar-refractivity contribution in [1.29, 1.82) is 0 Å². The molecule has 21 heavy (non-hydrogen) atoms. The number of hydrogen-bond donors (Lipinski definition) is 2. The molecule has 0 bridgehead atoms. The van der Waals surface area contributed by atoms with Crippen LogP contribution in [0.1, 0.15) is 46.5 Å². The first-order chi connectivity index (χ1) is 9.77. The molecule has 120 valence electrons. The zero-order valence-electron chi connectivity index (χ0n) is 13.4. The SMILES string of the molecule is CCCCN1CCC2(CC1)NC(=O)N(CC(C)(C)N)C2=O. The van der Waals surface area contributed by atoms with Crippen molar-refractivity contribution in [3.8, 4) is 0 Å². The van der Waals surface area contributed by atoms with Crippen LogP contribution in [-0.4, -0.2) is 59.0 Å². The minimum absolute atomic E-state index is 0.0961. The number of likely N-dealkylation sites (tertiary alicyclic amines) is 1. The number of nitrogens with zero attached hydrogens (tertiary/aromatic N) is 2. The zero-order chi connectivity index (χ0) is 15.7. The molecule has 0 radical (unpaired) electrons. The molecule has 0 aromatic heterocycles. The summed E-state index contributed by atoms with van der Waals surface area (Å²) in [6, 6.07) is -0.291. The molecular formula is C15H28N4O2. The molecule has 0 atom stereocenters. The largest absolute Gasteiger partial charge is 0.325 e. The van der Waals surface area contributed by atoms with Crippen molar-refractivity contribution >= 4 is 11.9 Å². The second-order valence-electron chi connectivity index (χ2n) is 7.09. The van der Waals surface area contributed by atoms with Crippen molar-refractivity contribution in [2.75, 3.05) is 26.2 Å². The van der Waals surface area contributed by atoms with E-state index in [1.54, 1.807) is 0 Å². The minimum Gasteiger partial charge on any atom is -0.324 e. The van der Waals surface area contributed by atoms with Crippen LogP contribution in [-0.2, 0) is 4.79 Å². The summed E-state index contributed by atoms with van der Waals surface area (Å²) in [4.78, 5) is 28.4. The maximum Gasteiger partial charge on any atom is 0.325 e. The van der Waals surface area contributed by atoms with Gasteiger partial charge in [0.05, 0.1) is 0 Å². The molecule has 2 fully saturated rings. The van der Waals surface area contributed by atoms with Crippen LogP contribution >= 0.6 is 0 Å². The molecule has 2 rings (SSSR count). The summed E-state index contributed by atoms with van der Waals surface area (Å²) >= 11 is 0. The van der Waals surface area contributed by atoms with Crippen LogP contribution in [0.3, 0.4) is 0 Å². The van der Waals surface area contributed by atoms with Gasteiger partial charge in [0.25, 0.3) is 5.91 Å². The molecule has 0 unspecified atom stereocenters. The van der Waals surface area contributed by atoms with E-state index in [4.69, 9.17) is 5.73 Å². The first-order valence-electron chi connectivity index (χ1n) is 7.93. The topological polar surface area (TPSA) is 78.7 Å². The predicted molar refractivity (Wildman–Crippen MR) is 81.8 cm³/mol. The number of imide groups is 1. The van der Waals surface area contributed by atoms with Crippen molar-refractivity contribution in [3.05, 3.63) is 0 Å². The number of urea groups is 1. The molecule has 2 saturated heterocycles. The van der Waals surface area contributed by atoms with E-state index in [0.717, 1.165) is 19.6 Å². The van der Waals surface area contributed by atoms with E-state index in [1.807, 2.05) is 13.8 Å². The summed E-state index contributed by atoms with van der Waals surface area (Å²) in [5.41, 5.74) is 4.69. The Hall–Kier alpha value is -1.14. The van der Waals surface area contributed by atoms with E-state index in [9.17, 15) is 9.59 Å². The summed E-state index contributed by atoms with van der Waals surface area (Å²) in [6.45, 7) is 8.90. The molecule has 6 nitrogen and oxygen atoms in total. The fourth-order valence-corrected chi connectivity index (χ4v) is 3.11. The highest BCUT2D eigenvalue weighted by Crippen LogP contribution is 2.30. The molecule has 1 spiro atoms. The maximum atomic E-state index is 12.7. The quantitative estimate of drug-likeness (QED) is 0.739. The van der Waals surface area contributed by atoms with E-state index >= 15 is 0 Å². The highest BCUT2D eigenvalue weighted by Gasteiger charge is 2.52. The average molecular weight is 296 g/mol. The van der Waals surface area contributed by atoms with Crippen LogP contribution in [0, 0.1) is 0 Å². The number of amides is 3. The lowest BCUT2D eigenvalue weighted by molar-refractivity contribution is -0.133. The van der Waals surface area contributed by atoms with E-state index in [2.05, 4.69) is 17.1 Å². The third-order valence-corrected chi connectivity index (χ3v) is 4.35. The van der Waals surface area contributed by atoms with Gasteiger partial charge in [-0.15, -0.1) is 0 Å². The lowest BCUT2D eigenvalue weighted by atomic mass is 9.87. The lowest BCUT2D eigenvalue weighted by Gasteiger charge is -2.37. The first kappa shape index (κ1) is 16.2. The molecule has 0 aliphatic carbocycles. The molecule has 0 aromatic rings. The third-order valence-electron chi connectivity index (χ3n) is 4.35. The van der Waals surface area contributed by atoms with Crippen LogP contribution in [0.15, 0.2) is 0 Å². The third kappa shape index (κ3) is 3.55. The Bertz CT molecular complexity index is 408. The summed E-state index contributed by atoms with van der Waals surface area (Å²) < 4.78 is 0. The van der Waals surface area contributed by atoms with Gasteiger partial charge in [0, 0.05) is 25.2 Å². The van der Waals surface area contributed by atoms with Gasteiger partial charge in [0.1, 0.15) is 5.54 Å². The van der Waals surface area contributed by atoms with E-state index in [1.165, 1.54) is 17.7 Å². The monoisotopic (exact) mass is 296 g/mol. The van der Waals surface area contributed by atoms with Crippen LogP contribution in [0.5, 0.6) is 0 Å². The summed E-state index contributed by atoms with van der Waals surface area (Å²) in [5, 5.41) is 2.92. The van der Waals surface area contributed by atoms with Crippen LogP contribution in [0.4, 0.5) is 4.79 Å². The number of nitrogens with one attached hydrogen (secondary N) is 1. The number of hydrogen-bond acceptors (Lipinski definition) is 4. The number of unbranched alkanes of at least 4 members (excludes halogenated alkanes) is 1. The lowest BCUT2D eigenvalue weighted by Crippen LogP contribution is -2.55. The average Bonchev–Trinajstić information content (AvgIpc) is 2.62. The molecule has 2 aliphatic heterocycles. The smallest absolute Gasteiger partial charge is 0.324 e. The fraction of sp³-hybridized carbons (Fsp3) is 0.867. The molecule has 0 saturated carbocycles. The van der Waals surface area contributed by atoms with Gasteiger partial charge in [-0.25, -0.2) is 4.79 Å². The summed E-state index contributed by atoms with van der Waals surface area (Å²) in [6.07, 6.45) is 3.75. The molecule has 3 N–H and O–H groups in total. The van der Waals surface area contributed by atoms with Crippen LogP contribution < -0.4 is 11.1 Å². The number of carbonyl (C=O) groups excluding carboxylic acids is 2. The van der Waals surface area contributed by atoms with Crippen LogP contribution in [0.2, 0.25) is 0 Å². The Labute approximate surface area is 127 Å². The minimum atomic E-state index is -0.689. The summed E-state index contributed by atoms with van der Waals surface area (Å²) in [5.74, 6) is -0.0961. The Morgan fingerprint density at radius 3 is 2.43 bits per heavy atom. The van der Waals surface area contributed by atoms with E-state index in [0.29, 0.717) is 12.8 Å². The van der Waals surface area contributed by atoms with Gasteiger partial charge in [-0.3, -0.25) is 9.69 Å². The van der Waals surface area contributed by atoms with Gasteiger partial charge < -0.3 is 16.0 Å². The first-order valence-corrected chi connectivity index (χ1v) is 7.93. The molecule has 2 aliphatic rings. The fourth-order valence-electron chi connectivity index (χ4n) is 3.11. The van der Waals surface area contributed by atoms with Gasteiger partial charge in [0.2, 0.25) is 0 Å². The van der Waals surface area contributed by atoms with Gasteiger partial charge in [-0.05, 0) is 39.7 Å². The Balaban J connectivity index is 1.99. The van der Waals surface area contributed by atoms with Crippen molar-refractivity contribution in [2.24, 2.45) is 5.73 Å². The predicted octanol–water partition coefficient (Wildman–Crippen LogP) is 0.910. The number of piperidine rings is 1. The van der Waals surface area contributed by atoms with Gasteiger partial charge in [0.15, 0.2) is 0 Å². The second kappa shape index (κ2) is 5.93. The van der Waals surface area contributed by atoms with E-state index < -0.39 is 11.1 Å². The number of rotatable bonds is 5. The molecule has 6 heteroatoms. The Kier molecular flexibility index (Phi) is 4.58. The van der Waals surface area contributed by atoms with Crippen molar-refractivity contribution in [1.82, 2.24) is 15.1 Å². The Morgan fingerprint density at radius 2 is 1.90 bits per heavy atom. The molecule has 0 aromatic carbocycles. The highest BCUT2D eigenvalue weighted by molar-refractivity contribution is 6.07. The number of carbonyl (C=O) groups is 2. The Morgan fingerprint density at radius 1 is 1.29 bits per heavy atom. The second-order valence-corrected chi connectivity index (χ2v) is 7.09.